The fraction of sp³-hybridized carbons (Fsp3) is 0.419. The number of likely N-dealkylation sites (tertiary alicyclic amines) is 1. The average Bonchev–Trinajstić information content (AvgIpc) is 3.72. The molecule has 2 aromatic carbocycles. The van der Waals surface area contributed by atoms with Crippen LogP contribution in [-0.2, 0) is 9.53 Å². The van der Waals surface area contributed by atoms with Crippen molar-refractivity contribution >= 4 is 34.4 Å². The number of anilines is 1. The number of hydrogen-bond acceptors (Lipinski definition) is 5. The van der Waals surface area contributed by atoms with Gasteiger partial charge in [0.1, 0.15) is 11.4 Å². The predicted octanol–water partition coefficient (Wildman–Crippen LogP) is 5.49. The van der Waals surface area contributed by atoms with Gasteiger partial charge in [-0.2, -0.15) is 0 Å². The fourth-order valence-electron chi connectivity index (χ4n) is 5.17. The maximum absolute atomic E-state index is 14.9. The Morgan fingerprint density at radius 1 is 1.05 bits per heavy atom. The number of fused-ring (bicyclic) bond motifs is 1. The third-order valence-corrected chi connectivity index (χ3v) is 7.52. The van der Waals surface area contributed by atoms with E-state index in [1.807, 2.05) is 45.0 Å². The zero-order chi connectivity index (χ0) is 28.4. The minimum absolute atomic E-state index is 0.0118. The highest BCUT2D eigenvalue weighted by Crippen LogP contribution is 2.48. The molecule has 210 valence electrons. The zero-order valence-electron chi connectivity index (χ0n) is 23.1. The number of ether oxygens (including phenoxy) is 1. The number of aromatic nitrogens is 1. The Kier molecular flexibility index (Phi) is 7.74. The van der Waals surface area contributed by atoms with Gasteiger partial charge in [0, 0.05) is 49.0 Å². The van der Waals surface area contributed by atoms with Gasteiger partial charge in [0.15, 0.2) is 0 Å². The van der Waals surface area contributed by atoms with Gasteiger partial charge in [0.2, 0.25) is 5.91 Å². The summed E-state index contributed by atoms with van der Waals surface area (Å²) in [5.41, 5.74) is 0.878. The van der Waals surface area contributed by atoms with E-state index >= 15 is 0 Å². The second kappa shape index (κ2) is 11.2. The number of carbonyl (C=O) groups is 3. The molecule has 40 heavy (non-hydrogen) atoms. The topological polar surface area (TPSA) is 101 Å². The van der Waals surface area contributed by atoms with Gasteiger partial charge < -0.3 is 20.3 Å². The first-order valence-electron chi connectivity index (χ1n) is 13.8. The zero-order valence-corrected chi connectivity index (χ0v) is 23.1. The van der Waals surface area contributed by atoms with Crippen molar-refractivity contribution in [3.63, 3.8) is 0 Å². The van der Waals surface area contributed by atoms with Gasteiger partial charge in [-0.15, -0.1) is 0 Å². The van der Waals surface area contributed by atoms with Crippen LogP contribution in [0.2, 0.25) is 0 Å². The quantitative estimate of drug-likeness (QED) is 0.426. The van der Waals surface area contributed by atoms with Crippen molar-refractivity contribution in [1.29, 1.82) is 0 Å². The molecule has 9 heteroatoms. The molecule has 0 bridgehead atoms. The molecule has 1 aromatic heterocycles. The van der Waals surface area contributed by atoms with Gasteiger partial charge in [-0.05, 0) is 93.2 Å². The number of nitrogens with one attached hydrogen (secondary N) is 2. The highest BCUT2D eigenvalue weighted by atomic mass is 19.1. The molecule has 1 aliphatic heterocycles. The van der Waals surface area contributed by atoms with E-state index in [4.69, 9.17) is 4.74 Å². The maximum Gasteiger partial charge on any atom is 0.410 e. The van der Waals surface area contributed by atoms with E-state index in [0.29, 0.717) is 37.3 Å². The number of pyridine rings is 1. The number of carbonyl (C=O) groups excluding carboxylic acids is 3. The van der Waals surface area contributed by atoms with Crippen molar-refractivity contribution in [2.45, 2.75) is 51.6 Å². The van der Waals surface area contributed by atoms with Crippen molar-refractivity contribution in [1.82, 2.24) is 15.2 Å². The Morgan fingerprint density at radius 3 is 2.55 bits per heavy atom. The summed E-state index contributed by atoms with van der Waals surface area (Å²) in [6, 6.07) is 12.2. The molecule has 8 nitrogen and oxygen atoms in total. The van der Waals surface area contributed by atoms with Crippen LogP contribution in [0, 0.1) is 17.7 Å². The van der Waals surface area contributed by atoms with E-state index in [9.17, 15) is 18.8 Å². The Bertz CT molecular complexity index is 1430. The number of halogens is 1. The molecule has 2 atom stereocenters. The lowest BCUT2D eigenvalue weighted by Gasteiger charge is -2.33. The Labute approximate surface area is 233 Å². The molecule has 2 aliphatic rings. The van der Waals surface area contributed by atoms with E-state index < -0.39 is 17.3 Å². The summed E-state index contributed by atoms with van der Waals surface area (Å²) < 4.78 is 20.4. The summed E-state index contributed by atoms with van der Waals surface area (Å²) in [6.07, 6.45) is 5.27. The molecule has 3 amide bonds. The summed E-state index contributed by atoms with van der Waals surface area (Å²) in [6.45, 7) is 7.05. The standard InChI is InChI=1S/C31H35FN4O4/c1-31(2,3)40-30(39)36-12-9-19(10-13-36)17-34-28(37)24-7-5-21(15-27(24)32)25-16-26(25)29(38)35-23-6-4-22-18-33-11-8-20(22)14-23/h4-8,11,14-15,18-19,25-26H,9-10,12-13,16-17H2,1-3H3,(H,34,37)(H,35,38). The summed E-state index contributed by atoms with van der Waals surface area (Å²) >= 11 is 0. The van der Waals surface area contributed by atoms with Crippen molar-refractivity contribution < 1.29 is 23.5 Å². The summed E-state index contributed by atoms with van der Waals surface area (Å²) in [7, 11) is 0. The Morgan fingerprint density at radius 2 is 1.82 bits per heavy atom. The van der Waals surface area contributed by atoms with Crippen LogP contribution in [0.4, 0.5) is 14.9 Å². The van der Waals surface area contributed by atoms with E-state index in [1.165, 1.54) is 12.1 Å². The summed E-state index contributed by atoms with van der Waals surface area (Å²) in [5.74, 6) is -1.27. The largest absolute Gasteiger partial charge is 0.444 e. The number of nitrogens with zero attached hydrogens (tertiary/aromatic N) is 2. The third-order valence-electron chi connectivity index (χ3n) is 7.52. The number of hydrogen-bond donors (Lipinski definition) is 2. The van der Waals surface area contributed by atoms with Crippen LogP contribution >= 0.6 is 0 Å². The Balaban J connectivity index is 1.10. The first kappa shape index (κ1) is 27.6. The van der Waals surface area contributed by atoms with Crippen LogP contribution in [0.3, 0.4) is 0 Å². The summed E-state index contributed by atoms with van der Waals surface area (Å²) in [4.78, 5) is 43.5. The fourth-order valence-corrected chi connectivity index (χ4v) is 5.17. The van der Waals surface area contributed by atoms with Crippen LogP contribution in [-0.4, -0.2) is 53.0 Å². The van der Waals surface area contributed by atoms with Gasteiger partial charge >= 0.3 is 6.09 Å². The van der Waals surface area contributed by atoms with Crippen LogP contribution in [0.5, 0.6) is 0 Å². The first-order chi connectivity index (χ1) is 19.1. The second-order valence-electron chi connectivity index (χ2n) is 11.7. The molecule has 1 aliphatic carbocycles. The SMILES string of the molecule is CC(C)(C)OC(=O)N1CCC(CNC(=O)c2ccc(C3CC3C(=O)Nc3ccc4cnccc4c3)cc2F)CC1. The van der Waals surface area contributed by atoms with Crippen molar-refractivity contribution in [3.8, 4) is 0 Å². The van der Waals surface area contributed by atoms with Gasteiger partial charge in [-0.25, -0.2) is 9.18 Å². The minimum Gasteiger partial charge on any atom is -0.444 e. The number of benzene rings is 2. The van der Waals surface area contributed by atoms with E-state index in [-0.39, 0.29) is 35.3 Å². The lowest BCUT2D eigenvalue weighted by molar-refractivity contribution is -0.117. The molecule has 0 spiro atoms. The Hall–Kier alpha value is -4.01. The van der Waals surface area contributed by atoms with Gasteiger partial charge in [-0.3, -0.25) is 14.6 Å². The third kappa shape index (κ3) is 6.58. The average molecular weight is 547 g/mol. The van der Waals surface area contributed by atoms with Gasteiger partial charge in [-0.1, -0.05) is 12.1 Å². The normalized spacial score (nSPS) is 19.2. The van der Waals surface area contributed by atoms with Crippen LogP contribution < -0.4 is 10.6 Å². The molecule has 2 N–H and O–H groups in total. The second-order valence-corrected chi connectivity index (χ2v) is 11.7. The van der Waals surface area contributed by atoms with Gasteiger partial charge in [0.25, 0.3) is 5.91 Å². The monoisotopic (exact) mass is 546 g/mol. The number of piperidine rings is 1. The number of rotatable bonds is 6. The molecular formula is C31H35FN4O4. The molecule has 2 heterocycles. The van der Waals surface area contributed by atoms with Crippen LogP contribution in [0.1, 0.15) is 61.9 Å². The molecule has 3 aromatic rings. The maximum atomic E-state index is 14.9. The van der Waals surface area contributed by atoms with E-state index in [0.717, 1.165) is 23.6 Å². The molecule has 1 saturated carbocycles. The smallest absolute Gasteiger partial charge is 0.410 e. The molecule has 1 saturated heterocycles. The molecular weight excluding hydrogens is 511 g/mol. The van der Waals surface area contributed by atoms with E-state index in [2.05, 4.69) is 15.6 Å². The van der Waals surface area contributed by atoms with Gasteiger partial charge in [0.05, 0.1) is 5.56 Å². The summed E-state index contributed by atoms with van der Waals surface area (Å²) in [5, 5.41) is 7.78. The minimum atomic E-state index is -0.594. The van der Waals surface area contributed by atoms with Crippen LogP contribution in [0.25, 0.3) is 10.8 Å². The highest BCUT2D eigenvalue weighted by Gasteiger charge is 2.44. The van der Waals surface area contributed by atoms with Crippen molar-refractivity contribution in [3.05, 3.63) is 71.8 Å². The highest BCUT2D eigenvalue weighted by molar-refractivity contribution is 5.97. The van der Waals surface area contributed by atoms with Crippen molar-refractivity contribution in [2.75, 3.05) is 25.0 Å². The lowest BCUT2D eigenvalue weighted by Crippen LogP contribution is -2.43. The molecule has 2 fully saturated rings. The van der Waals surface area contributed by atoms with E-state index in [1.54, 1.807) is 23.4 Å². The molecule has 2 unspecified atom stereocenters. The first-order valence-corrected chi connectivity index (χ1v) is 13.8. The number of amides is 3. The van der Waals surface area contributed by atoms with Crippen molar-refractivity contribution in [2.24, 2.45) is 11.8 Å². The predicted molar refractivity (Wildman–Crippen MR) is 150 cm³/mol. The molecule has 5 rings (SSSR count). The lowest BCUT2D eigenvalue weighted by atomic mass is 9.97. The van der Waals surface area contributed by atoms with Crippen LogP contribution in [0.15, 0.2) is 54.9 Å². The molecule has 0 radical (unpaired) electrons.